The molecule has 3 rings (SSSR count). The van der Waals surface area contributed by atoms with Crippen molar-refractivity contribution >= 4 is 12.0 Å². The number of rotatable bonds is 2. The minimum atomic E-state index is -0.426. The third-order valence-electron chi connectivity index (χ3n) is 3.44. The van der Waals surface area contributed by atoms with Gasteiger partial charge in [-0.3, -0.25) is 0 Å². The van der Waals surface area contributed by atoms with E-state index in [1.807, 2.05) is 24.3 Å². The van der Waals surface area contributed by atoms with E-state index in [4.69, 9.17) is 4.74 Å². The van der Waals surface area contributed by atoms with Crippen molar-refractivity contribution in [1.29, 1.82) is 0 Å². The van der Waals surface area contributed by atoms with Gasteiger partial charge in [0, 0.05) is 0 Å². The summed E-state index contributed by atoms with van der Waals surface area (Å²) in [5.74, 6) is -0.368. The molecular weight excluding hydrogens is 244 g/mol. The Balaban J connectivity index is 1.99. The van der Waals surface area contributed by atoms with Gasteiger partial charge < -0.3 is 15.4 Å². The van der Waals surface area contributed by atoms with E-state index in [-0.39, 0.29) is 18.6 Å². The number of esters is 1. The number of hydrogen-bond donors (Lipinski definition) is 2. The third kappa shape index (κ3) is 1.97. The molecule has 1 aromatic rings. The summed E-state index contributed by atoms with van der Waals surface area (Å²) < 4.78 is 4.98. The van der Waals surface area contributed by atoms with Crippen LogP contribution in [0.15, 0.2) is 35.5 Å². The summed E-state index contributed by atoms with van der Waals surface area (Å²) in [6, 6.07) is 7.15. The van der Waals surface area contributed by atoms with Crippen LogP contribution < -0.4 is 10.6 Å². The molecule has 1 aromatic carbocycles. The summed E-state index contributed by atoms with van der Waals surface area (Å²) in [6.45, 7) is 2.22. The maximum Gasteiger partial charge on any atom is 0.338 e. The average molecular weight is 258 g/mol. The first kappa shape index (κ1) is 11.8. The van der Waals surface area contributed by atoms with Gasteiger partial charge in [0.1, 0.15) is 6.61 Å². The highest BCUT2D eigenvalue weighted by molar-refractivity contribution is 5.97. The maximum atomic E-state index is 11.8. The summed E-state index contributed by atoms with van der Waals surface area (Å²) in [5.41, 5.74) is 3.17. The van der Waals surface area contributed by atoms with Gasteiger partial charge in [-0.1, -0.05) is 31.2 Å². The van der Waals surface area contributed by atoms with Crippen LogP contribution in [0.5, 0.6) is 0 Å². The lowest BCUT2D eigenvalue weighted by atomic mass is 9.95. The third-order valence-corrected chi connectivity index (χ3v) is 3.44. The molecule has 1 unspecified atom stereocenters. The van der Waals surface area contributed by atoms with Crippen LogP contribution in [0.4, 0.5) is 4.79 Å². The molecule has 2 heterocycles. The van der Waals surface area contributed by atoms with Crippen LogP contribution in [0.1, 0.15) is 24.1 Å². The Labute approximate surface area is 110 Å². The van der Waals surface area contributed by atoms with Gasteiger partial charge in [0.2, 0.25) is 0 Å². The fraction of sp³-hybridized carbons (Fsp3) is 0.286. The lowest BCUT2D eigenvalue weighted by Gasteiger charge is -2.24. The average Bonchev–Trinajstić information content (AvgIpc) is 2.79. The highest BCUT2D eigenvalue weighted by Gasteiger charge is 2.37. The van der Waals surface area contributed by atoms with Crippen molar-refractivity contribution in [2.24, 2.45) is 0 Å². The summed E-state index contributed by atoms with van der Waals surface area (Å²) in [6.07, 6.45) is 0.953. The van der Waals surface area contributed by atoms with E-state index in [1.165, 1.54) is 5.56 Å². The quantitative estimate of drug-likeness (QED) is 0.788. The number of carbonyl (C=O) groups excluding carboxylic acids is 2. The van der Waals surface area contributed by atoms with E-state index < -0.39 is 6.04 Å². The van der Waals surface area contributed by atoms with Crippen LogP contribution in [-0.2, 0) is 16.0 Å². The Morgan fingerprint density at radius 1 is 1.26 bits per heavy atom. The van der Waals surface area contributed by atoms with Gasteiger partial charge in [0.05, 0.1) is 17.3 Å². The molecule has 0 aliphatic carbocycles. The summed E-state index contributed by atoms with van der Waals surface area (Å²) >= 11 is 0. The van der Waals surface area contributed by atoms with Crippen LogP contribution in [-0.4, -0.2) is 18.6 Å². The number of nitrogens with one attached hydrogen (secondary N) is 2. The van der Waals surface area contributed by atoms with Crippen LogP contribution in [0.3, 0.4) is 0 Å². The van der Waals surface area contributed by atoms with Gasteiger partial charge in [-0.25, -0.2) is 9.59 Å². The highest BCUT2D eigenvalue weighted by atomic mass is 16.5. The van der Waals surface area contributed by atoms with E-state index in [1.54, 1.807) is 0 Å². The SMILES string of the molecule is CCc1ccc(C2NC(=O)NC3=C2C(=O)OC3)cc1. The second-order valence-corrected chi connectivity index (χ2v) is 4.59. The van der Waals surface area contributed by atoms with E-state index in [0.717, 1.165) is 12.0 Å². The zero-order valence-corrected chi connectivity index (χ0v) is 10.5. The van der Waals surface area contributed by atoms with Gasteiger partial charge in [-0.05, 0) is 17.5 Å². The molecule has 0 saturated carbocycles. The molecular formula is C14H14N2O3. The molecule has 2 N–H and O–H groups in total. The zero-order valence-electron chi connectivity index (χ0n) is 10.5. The molecule has 19 heavy (non-hydrogen) atoms. The number of aryl methyl sites for hydroxylation is 1. The maximum absolute atomic E-state index is 11.8. The molecule has 98 valence electrons. The molecule has 2 aliphatic rings. The van der Waals surface area contributed by atoms with Crippen molar-refractivity contribution in [2.75, 3.05) is 6.61 Å². The number of ether oxygens (including phenoxy) is 1. The summed E-state index contributed by atoms with van der Waals surface area (Å²) in [5, 5.41) is 5.38. The van der Waals surface area contributed by atoms with Gasteiger partial charge in [0.25, 0.3) is 0 Å². The lowest BCUT2D eigenvalue weighted by molar-refractivity contribution is -0.136. The van der Waals surface area contributed by atoms with Crippen molar-refractivity contribution in [3.05, 3.63) is 46.7 Å². The second-order valence-electron chi connectivity index (χ2n) is 4.59. The van der Waals surface area contributed by atoms with E-state index in [9.17, 15) is 9.59 Å². The predicted molar refractivity (Wildman–Crippen MR) is 68.2 cm³/mol. The molecule has 0 bridgehead atoms. The second kappa shape index (κ2) is 4.42. The largest absolute Gasteiger partial charge is 0.456 e. The first-order valence-electron chi connectivity index (χ1n) is 6.25. The van der Waals surface area contributed by atoms with Gasteiger partial charge in [-0.2, -0.15) is 0 Å². The molecule has 0 saturated heterocycles. The van der Waals surface area contributed by atoms with Crippen molar-refractivity contribution < 1.29 is 14.3 Å². The fourth-order valence-electron chi connectivity index (χ4n) is 2.38. The van der Waals surface area contributed by atoms with E-state index >= 15 is 0 Å². The first-order chi connectivity index (χ1) is 9.19. The normalized spacial score (nSPS) is 21.6. The number of carbonyl (C=O) groups is 2. The number of hydrogen-bond acceptors (Lipinski definition) is 3. The topological polar surface area (TPSA) is 67.4 Å². The monoisotopic (exact) mass is 258 g/mol. The number of amides is 2. The van der Waals surface area contributed by atoms with Gasteiger partial charge >= 0.3 is 12.0 Å². The number of benzene rings is 1. The molecule has 2 amide bonds. The Kier molecular flexibility index (Phi) is 2.74. The van der Waals surface area contributed by atoms with Crippen LogP contribution >= 0.6 is 0 Å². The number of urea groups is 1. The van der Waals surface area contributed by atoms with Crippen LogP contribution in [0.25, 0.3) is 0 Å². The van der Waals surface area contributed by atoms with Crippen LogP contribution in [0, 0.1) is 0 Å². The van der Waals surface area contributed by atoms with E-state index in [0.29, 0.717) is 11.3 Å². The molecule has 0 radical (unpaired) electrons. The van der Waals surface area contributed by atoms with Crippen LogP contribution in [0.2, 0.25) is 0 Å². The molecule has 2 aliphatic heterocycles. The van der Waals surface area contributed by atoms with Gasteiger partial charge in [0.15, 0.2) is 0 Å². The van der Waals surface area contributed by atoms with Crippen molar-refractivity contribution in [1.82, 2.24) is 10.6 Å². The summed E-state index contributed by atoms with van der Waals surface area (Å²) in [4.78, 5) is 23.3. The number of cyclic esters (lactones) is 1. The molecule has 0 aromatic heterocycles. The molecule has 0 spiro atoms. The highest BCUT2D eigenvalue weighted by Crippen LogP contribution is 2.31. The van der Waals surface area contributed by atoms with Crippen molar-refractivity contribution in [2.45, 2.75) is 19.4 Å². The van der Waals surface area contributed by atoms with Crippen molar-refractivity contribution in [3.8, 4) is 0 Å². The van der Waals surface area contributed by atoms with Gasteiger partial charge in [-0.15, -0.1) is 0 Å². The smallest absolute Gasteiger partial charge is 0.338 e. The lowest BCUT2D eigenvalue weighted by Crippen LogP contribution is -2.44. The molecule has 1 atom stereocenters. The zero-order chi connectivity index (χ0) is 13.4. The first-order valence-corrected chi connectivity index (χ1v) is 6.25. The van der Waals surface area contributed by atoms with Crippen molar-refractivity contribution in [3.63, 3.8) is 0 Å². The Morgan fingerprint density at radius 3 is 2.68 bits per heavy atom. The minimum absolute atomic E-state index is 0.144. The minimum Gasteiger partial charge on any atom is -0.456 e. The predicted octanol–water partition coefficient (Wildman–Crippen LogP) is 1.41. The standard InChI is InChI=1S/C14H14N2O3/c1-2-8-3-5-9(6-4-8)12-11-10(7-19-13(11)17)15-14(18)16-12/h3-6,12H,2,7H2,1H3,(H2,15,16,18). The fourth-order valence-corrected chi connectivity index (χ4v) is 2.38. The molecule has 5 nitrogen and oxygen atoms in total. The Hall–Kier alpha value is -2.30. The van der Waals surface area contributed by atoms with E-state index in [2.05, 4.69) is 17.6 Å². The summed E-state index contributed by atoms with van der Waals surface area (Å²) in [7, 11) is 0. The molecule has 5 heteroatoms. The Morgan fingerprint density at radius 2 is 2.00 bits per heavy atom. The molecule has 0 fully saturated rings. The Bertz CT molecular complexity index is 575.